The average molecular weight is 335 g/mol. The van der Waals surface area contributed by atoms with Crippen LogP contribution in [0.15, 0.2) is 36.5 Å². The van der Waals surface area contributed by atoms with Crippen molar-refractivity contribution < 1.29 is 19.3 Å². The van der Waals surface area contributed by atoms with Gasteiger partial charge in [-0.3, -0.25) is 4.98 Å². The Morgan fingerprint density at radius 2 is 2.16 bits per heavy atom. The van der Waals surface area contributed by atoms with Crippen molar-refractivity contribution in [2.45, 2.75) is 0 Å². The molecule has 1 aliphatic rings. The minimum Gasteiger partial charge on any atom is -0.503 e. The van der Waals surface area contributed by atoms with Crippen molar-refractivity contribution in [3.8, 4) is 29.1 Å². The predicted octanol–water partition coefficient (Wildman–Crippen LogP) is 3.29. The van der Waals surface area contributed by atoms with E-state index in [4.69, 9.17) is 14.2 Å². The molecule has 0 bridgehead atoms. The molecule has 2 heterocycles. The summed E-state index contributed by atoms with van der Waals surface area (Å²) in [6, 6.07) is 10.9. The maximum absolute atomic E-state index is 10.1. The lowest BCUT2D eigenvalue weighted by Gasteiger charge is -2.14. The van der Waals surface area contributed by atoms with Crippen LogP contribution in [0.1, 0.15) is 5.56 Å². The molecule has 0 atom stereocenters. The number of anilines is 2. The molecule has 4 rings (SSSR count). The third-order valence-electron chi connectivity index (χ3n) is 3.97. The summed E-state index contributed by atoms with van der Waals surface area (Å²) in [6.45, 7) is 0.172. The van der Waals surface area contributed by atoms with Gasteiger partial charge in [-0.1, -0.05) is 6.07 Å². The van der Waals surface area contributed by atoms with Gasteiger partial charge in [0, 0.05) is 17.3 Å². The van der Waals surface area contributed by atoms with Crippen LogP contribution in [0, 0.1) is 11.3 Å². The molecule has 1 aliphatic heterocycles. The molecule has 0 spiro atoms. The lowest BCUT2D eigenvalue weighted by atomic mass is 10.1. The molecule has 7 nitrogen and oxygen atoms in total. The summed E-state index contributed by atoms with van der Waals surface area (Å²) in [5.74, 6) is 1.27. The Bertz CT molecular complexity index is 1030. The molecule has 0 radical (unpaired) electrons. The second kappa shape index (κ2) is 5.76. The normalized spacial score (nSPS) is 12.0. The fourth-order valence-corrected chi connectivity index (χ4v) is 2.80. The first-order valence-electron chi connectivity index (χ1n) is 7.47. The van der Waals surface area contributed by atoms with Gasteiger partial charge >= 0.3 is 0 Å². The molecule has 2 aromatic carbocycles. The smallest absolute Gasteiger partial charge is 0.231 e. The molecule has 0 saturated carbocycles. The lowest BCUT2D eigenvalue weighted by molar-refractivity contribution is 0.174. The van der Waals surface area contributed by atoms with E-state index in [2.05, 4.69) is 10.3 Å². The van der Waals surface area contributed by atoms with E-state index in [-0.39, 0.29) is 23.9 Å². The first-order valence-corrected chi connectivity index (χ1v) is 7.47. The van der Waals surface area contributed by atoms with E-state index in [0.29, 0.717) is 28.1 Å². The van der Waals surface area contributed by atoms with Crippen LogP contribution in [-0.2, 0) is 0 Å². The van der Waals surface area contributed by atoms with Gasteiger partial charge in [0.05, 0.1) is 18.3 Å². The number of phenols is 1. The van der Waals surface area contributed by atoms with Crippen LogP contribution in [-0.4, -0.2) is 24.0 Å². The predicted molar refractivity (Wildman–Crippen MR) is 90.5 cm³/mol. The number of fused-ring (bicyclic) bond motifs is 2. The van der Waals surface area contributed by atoms with Gasteiger partial charge < -0.3 is 24.6 Å². The van der Waals surface area contributed by atoms with Crippen LogP contribution >= 0.6 is 0 Å². The van der Waals surface area contributed by atoms with Crippen LogP contribution in [0.3, 0.4) is 0 Å². The summed E-state index contributed by atoms with van der Waals surface area (Å²) in [7, 11) is 1.43. The van der Waals surface area contributed by atoms with E-state index < -0.39 is 0 Å². The summed E-state index contributed by atoms with van der Waals surface area (Å²) < 4.78 is 16.1. The minimum atomic E-state index is -0.223. The number of hydrogen-bond acceptors (Lipinski definition) is 7. The quantitative estimate of drug-likeness (QED) is 0.758. The third kappa shape index (κ3) is 2.32. The van der Waals surface area contributed by atoms with Crippen LogP contribution < -0.4 is 19.5 Å². The topological polar surface area (TPSA) is 96.6 Å². The molecule has 0 unspecified atom stereocenters. The number of benzene rings is 2. The van der Waals surface area contributed by atoms with Crippen molar-refractivity contribution in [1.82, 2.24) is 4.98 Å². The number of phenolic OH excluding ortho intramolecular Hbond substituents is 1. The number of nitrogens with zero attached hydrogens (tertiary/aromatic N) is 2. The maximum Gasteiger partial charge on any atom is 0.231 e. The van der Waals surface area contributed by atoms with E-state index in [1.54, 1.807) is 18.3 Å². The number of methoxy groups -OCH3 is 1. The number of ether oxygens (including phenoxy) is 3. The van der Waals surface area contributed by atoms with E-state index in [9.17, 15) is 10.4 Å². The number of nitrogens with one attached hydrogen (secondary N) is 1. The molecule has 124 valence electrons. The molecule has 1 aromatic heterocycles. The van der Waals surface area contributed by atoms with Crippen LogP contribution in [0.25, 0.3) is 10.9 Å². The average Bonchev–Trinajstić information content (AvgIpc) is 3.11. The highest BCUT2D eigenvalue weighted by atomic mass is 16.7. The molecule has 0 saturated heterocycles. The van der Waals surface area contributed by atoms with Crippen molar-refractivity contribution >= 4 is 22.3 Å². The number of nitriles is 1. The molecular weight excluding hydrogens is 322 g/mol. The zero-order chi connectivity index (χ0) is 17.4. The minimum absolute atomic E-state index is 0.0656. The summed E-state index contributed by atoms with van der Waals surface area (Å²) in [5, 5.41) is 23.5. The number of aromatic nitrogens is 1. The van der Waals surface area contributed by atoms with E-state index in [1.165, 1.54) is 7.11 Å². The first kappa shape index (κ1) is 14.9. The number of para-hydroxylation sites is 1. The van der Waals surface area contributed by atoms with Crippen LogP contribution in [0.4, 0.5) is 11.4 Å². The zero-order valence-electron chi connectivity index (χ0n) is 13.2. The number of hydrogen-bond donors (Lipinski definition) is 2. The summed E-state index contributed by atoms with van der Waals surface area (Å²) in [4.78, 5) is 4.23. The number of rotatable bonds is 3. The van der Waals surface area contributed by atoms with Crippen molar-refractivity contribution in [2.24, 2.45) is 0 Å². The van der Waals surface area contributed by atoms with Crippen LogP contribution in [0.5, 0.6) is 23.0 Å². The standard InChI is InChI=1S/C18H13N3O4/c1-23-15-7-10-12(5-6-20-16(10)11(8-19)17(15)22)21-13-3-2-4-14-18(13)25-9-24-14/h2-7,22H,9H2,1H3,(H,20,21). The molecular formula is C18H13N3O4. The van der Waals surface area contributed by atoms with Crippen molar-refractivity contribution in [3.05, 3.63) is 42.1 Å². The Kier molecular flexibility index (Phi) is 3.43. The van der Waals surface area contributed by atoms with Gasteiger partial charge in [0.2, 0.25) is 6.79 Å². The molecule has 0 aliphatic carbocycles. The zero-order valence-corrected chi connectivity index (χ0v) is 13.2. The van der Waals surface area contributed by atoms with Gasteiger partial charge in [-0.25, -0.2) is 0 Å². The molecule has 0 fully saturated rings. The third-order valence-corrected chi connectivity index (χ3v) is 3.97. The van der Waals surface area contributed by atoms with Gasteiger partial charge in [0.15, 0.2) is 23.0 Å². The highest BCUT2D eigenvalue weighted by Gasteiger charge is 2.20. The molecule has 7 heteroatoms. The largest absolute Gasteiger partial charge is 0.503 e. The lowest BCUT2D eigenvalue weighted by Crippen LogP contribution is -1.98. The van der Waals surface area contributed by atoms with Crippen molar-refractivity contribution in [3.63, 3.8) is 0 Å². The van der Waals surface area contributed by atoms with Gasteiger partial charge in [0.25, 0.3) is 0 Å². The summed E-state index contributed by atoms with van der Waals surface area (Å²) in [6.07, 6.45) is 1.57. The van der Waals surface area contributed by atoms with E-state index in [0.717, 1.165) is 5.69 Å². The van der Waals surface area contributed by atoms with E-state index >= 15 is 0 Å². The molecule has 2 N–H and O–H groups in total. The highest BCUT2D eigenvalue weighted by Crippen LogP contribution is 2.42. The Balaban J connectivity index is 1.89. The van der Waals surface area contributed by atoms with Gasteiger partial charge in [-0.15, -0.1) is 0 Å². The SMILES string of the molecule is COc1cc2c(Nc3cccc4c3OCO4)ccnc2c(C#N)c1O. The second-order valence-electron chi connectivity index (χ2n) is 5.33. The van der Waals surface area contributed by atoms with Crippen molar-refractivity contribution in [1.29, 1.82) is 5.26 Å². The van der Waals surface area contributed by atoms with E-state index in [1.807, 2.05) is 24.3 Å². The Morgan fingerprint density at radius 1 is 1.28 bits per heavy atom. The van der Waals surface area contributed by atoms with Crippen molar-refractivity contribution in [2.75, 3.05) is 19.2 Å². The fraction of sp³-hybridized carbons (Fsp3) is 0.111. The summed E-state index contributed by atoms with van der Waals surface area (Å²) in [5.41, 5.74) is 1.88. The Morgan fingerprint density at radius 3 is 2.96 bits per heavy atom. The summed E-state index contributed by atoms with van der Waals surface area (Å²) >= 11 is 0. The molecule has 3 aromatic rings. The Hall–Kier alpha value is -3.66. The van der Waals surface area contributed by atoms with Gasteiger partial charge in [-0.05, 0) is 24.3 Å². The molecule has 0 amide bonds. The number of aromatic hydroxyl groups is 1. The van der Waals surface area contributed by atoms with Gasteiger partial charge in [0.1, 0.15) is 11.6 Å². The maximum atomic E-state index is 10.1. The highest BCUT2D eigenvalue weighted by molar-refractivity contribution is 5.99. The Labute approximate surface area is 143 Å². The van der Waals surface area contributed by atoms with Crippen LogP contribution in [0.2, 0.25) is 0 Å². The first-order chi connectivity index (χ1) is 12.2. The number of pyridine rings is 1. The fourth-order valence-electron chi connectivity index (χ4n) is 2.80. The van der Waals surface area contributed by atoms with Gasteiger partial charge in [-0.2, -0.15) is 5.26 Å². The monoisotopic (exact) mass is 335 g/mol. The second-order valence-corrected chi connectivity index (χ2v) is 5.33. The molecule has 25 heavy (non-hydrogen) atoms.